The fraction of sp³-hybridized carbons (Fsp3) is 0.222. The molecule has 0 N–H and O–H groups in total. The van der Waals surface area contributed by atoms with Crippen LogP contribution >= 0.6 is 0 Å². The largest absolute Gasteiger partial charge is 0.331 e. The molecule has 1 aliphatic heterocycles. The number of amides is 1. The zero-order valence-electron chi connectivity index (χ0n) is 12.8. The normalized spacial score (nSPS) is 21.2. The first-order valence-corrected chi connectivity index (χ1v) is 7.84. The smallest absolute Gasteiger partial charge is 0.269 e. The standard InChI is InChI=1S/C18H15N3O3/c22-18(13-3-6-14(7-4-13)21(23)24)20-11-9-12-5-8-16-15(17(12)20)2-1-10-19-16/h1-8,10,12,17H,9,11H2/t12-,17+/m1/s1. The van der Waals surface area contributed by atoms with Crippen LogP contribution in [0.2, 0.25) is 0 Å². The van der Waals surface area contributed by atoms with Crippen molar-refractivity contribution < 1.29 is 9.72 Å². The van der Waals surface area contributed by atoms with E-state index >= 15 is 0 Å². The molecule has 0 spiro atoms. The van der Waals surface area contributed by atoms with Crippen molar-refractivity contribution in [3.63, 3.8) is 0 Å². The van der Waals surface area contributed by atoms with Gasteiger partial charge in [-0.15, -0.1) is 0 Å². The van der Waals surface area contributed by atoms with E-state index in [0.29, 0.717) is 18.0 Å². The second-order valence-electron chi connectivity index (χ2n) is 6.04. The van der Waals surface area contributed by atoms with Crippen LogP contribution in [0.4, 0.5) is 5.69 Å². The number of hydrogen-bond acceptors (Lipinski definition) is 4. The predicted octanol–water partition coefficient (Wildman–Crippen LogP) is 3.22. The lowest BCUT2D eigenvalue weighted by Crippen LogP contribution is -2.33. The average molecular weight is 321 g/mol. The minimum absolute atomic E-state index is 0.0126. The molecule has 0 bridgehead atoms. The van der Waals surface area contributed by atoms with E-state index in [9.17, 15) is 14.9 Å². The number of fused-ring (bicyclic) bond motifs is 3. The highest BCUT2D eigenvalue weighted by molar-refractivity contribution is 5.95. The molecule has 1 aromatic carbocycles. The van der Waals surface area contributed by atoms with E-state index in [-0.39, 0.29) is 17.6 Å². The van der Waals surface area contributed by atoms with Crippen molar-refractivity contribution in [1.82, 2.24) is 9.88 Å². The second-order valence-corrected chi connectivity index (χ2v) is 6.04. The van der Waals surface area contributed by atoms with Crippen molar-refractivity contribution >= 4 is 17.7 Å². The van der Waals surface area contributed by atoms with E-state index in [1.807, 2.05) is 23.1 Å². The molecule has 1 aromatic heterocycles. The number of rotatable bonds is 2. The van der Waals surface area contributed by atoms with Gasteiger partial charge < -0.3 is 4.90 Å². The molecule has 1 fully saturated rings. The van der Waals surface area contributed by atoms with Gasteiger partial charge in [0.1, 0.15) is 0 Å². The summed E-state index contributed by atoms with van der Waals surface area (Å²) in [6.07, 6.45) is 6.81. The molecule has 2 atom stereocenters. The van der Waals surface area contributed by atoms with Crippen molar-refractivity contribution in [2.24, 2.45) is 5.92 Å². The molecule has 2 aliphatic rings. The van der Waals surface area contributed by atoms with Crippen molar-refractivity contribution in [2.75, 3.05) is 6.54 Å². The molecule has 0 saturated carbocycles. The van der Waals surface area contributed by atoms with Gasteiger partial charge in [0, 0.05) is 41.9 Å². The van der Waals surface area contributed by atoms with Crippen LogP contribution < -0.4 is 0 Å². The Balaban J connectivity index is 1.66. The Morgan fingerprint density at radius 3 is 2.79 bits per heavy atom. The Bertz CT molecular complexity index is 845. The molecule has 2 heterocycles. The maximum absolute atomic E-state index is 12.9. The number of nitro groups is 1. The number of likely N-dealkylation sites (tertiary alicyclic amines) is 1. The van der Waals surface area contributed by atoms with E-state index < -0.39 is 4.92 Å². The van der Waals surface area contributed by atoms with Crippen LogP contribution in [0.25, 0.3) is 6.08 Å². The third kappa shape index (κ3) is 2.27. The summed E-state index contributed by atoms with van der Waals surface area (Å²) in [6.45, 7) is 0.670. The highest BCUT2D eigenvalue weighted by Crippen LogP contribution is 2.43. The number of carbonyl (C=O) groups excluding carboxylic acids is 1. The van der Waals surface area contributed by atoms with E-state index in [0.717, 1.165) is 17.7 Å². The van der Waals surface area contributed by atoms with Gasteiger partial charge in [-0.2, -0.15) is 0 Å². The molecule has 120 valence electrons. The maximum atomic E-state index is 12.9. The number of carbonyl (C=O) groups is 1. The highest BCUT2D eigenvalue weighted by Gasteiger charge is 2.39. The number of pyridine rings is 1. The Kier molecular flexibility index (Phi) is 3.37. The zero-order chi connectivity index (χ0) is 16.7. The Hall–Kier alpha value is -3.02. The van der Waals surface area contributed by atoms with E-state index in [4.69, 9.17) is 0 Å². The van der Waals surface area contributed by atoms with Crippen LogP contribution in [0.15, 0.2) is 48.7 Å². The predicted molar refractivity (Wildman–Crippen MR) is 88.3 cm³/mol. The number of nitro benzene ring substituents is 1. The summed E-state index contributed by atoms with van der Waals surface area (Å²) in [5.41, 5.74) is 2.43. The van der Waals surface area contributed by atoms with Crippen molar-refractivity contribution in [2.45, 2.75) is 12.5 Å². The van der Waals surface area contributed by atoms with Gasteiger partial charge in [0.05, 0.1) is 16.7 Å². The summed E-state index contributed by atoms with van der Waals surface area (Å²) >= 11 is 0. The number of nitrogens with zero attached hydrogens (tertiary/aromatic N) is 3. The van der Waals surface area contributed by atoms with Gasteiger partial charge in [0.2, 0.25) is 0 Å². The third-order valence-electron chi connectivity index (χ3n) is 4.72. The lowest BCUT2D eigenvalue weighted by molar-refractivity contribution is -0.384. The van der Waals surface area contributed by atoms with Crippen LogP contribution in [0, 0.1) is 16.0 Å². The molecular weight excluding hydrogens is 306 g/mol. The van der Waals surface area contributed by atoms with Gasteiger partial charge in [0.15, 0.2) is 0 Å². The summed E-state index contributed by atoms with van der Waals surface area (Å²) in [4.78, 5) is 29.4. The third-order valence-corrected chi connectivity index (χ3v) is 4.72. The molecule has 0 unspecified atom stereocenters. The minimum atomic E-state index is -0.464. The van der Waals surface area contributed by atoms with Gasteiger partial charge in [-0.1, -0.05) is 12.1 Å². The quantitative estimate of drug-likeness (QED) is 0.628. The summed E-state index contributed by atoms with van der Waals surface area (Å²) in [6, 6.07) is 9.69. The van der Waals surface area contributed by atoms with Gasteiger partial charge in [0.25, 0.3) is 11.6 Å². The summed E-state index contributed by atoms with van der Waals surface area (Å²) in [5, 5.41) is 10.8. The Morgan fingerprint density at radius 1 is 1.25 bits per heavy atom. The van der Waals surface area contributed by atoms with Crippen LogP contribution in [0.5, 0.6) is 0 Å². The molecular formula is C18H15N3O3. The molecule has 24 heavy (non-hydrogen) atoms. The van der Waals surface area contributed by atoms with Gasteiger partial charge >= 0.3 is 0 Å². The first-order chi connectivity index (χ1) is 11.6. The molecule has 0 radical (unpaired) electrons. The number of hydrogen-bond donors (Lipinski definition) is 0. The second kappa shape index (κ2) is 5.56. The van der Waals surface area contributed by atoms with E-state index in [1.54, 1.807) is 6.20 Å². The summed E-state index contributed by atoms with van der Waals surface area (Å²) in [7, 11) is 0. The highest BCUT2D eigenvalue weighted by atomic mass is 16.6. The Labute approximate surface area is 138 Å². The van der Waals surface area contributed by atoms with Crippen LogP contribution in [0.3, 0.4) is 0 Å². The maximum Gasteiger partial charge on any atom is 0.269 e. The zero-order valence-corrected chi connectivity index (χ0v) is 12.8. The molecule has 6 nitrogen and oxygen atoms in total. The summed E-state index contributed by atoms with van der Waals surface area (Å²) < 4.78 is 0. The van der Waals surface area contributed by atoms with Crippen LogP contribution in [-0.4, -0.2) is 27.3 Å². The van der Waals surface area contributed by atoms with Gasteiger partial charge in [-0.3, -0.25) is 19.9 Å². The molecule has 1 aliphatic carbocycles. The van der Waals surface area contributed by atoms with Crippen molar-refractivity contribution in [3.05, 3.63) is 75.6 Å². The lowest BCUT2D eigenvalue weighted by Gasteiger charge is -2.30. The fourth-order valence-corrected chi connectivity index (χ4v) is 3.57. The SMILES string of the molecule is O=C(c1ccc([N+](=O)[O-])cc1)N1CC[C@H]2C=Cc3ncccc3[C@H]21. The minimum Gasteiger partial charge on any atom is -0.331 e. The Morgan fingerprint density at radius 2 is 2.04 bits per heavy atom. The lowest BCUT2D eigenvalue weighted by atomic mass is 9.87. The molecule has 2 aromatic rings. The number of non-ortho nitro benzene ring substituents is 1. The molecule has 1 saturated heterocycles. The van der Waals surface area contributed by atoms with Crippen LogP contribution in [-0.2, 0) is 0 Å². The van der Waals surface area contributed by atoms with Gasteiger partial charge in [-0.05, 0) is 30.7 Å². The first kappa shape index (κ1) is 14.6. The van der Waals surface area contributed by atoms with E-state index in [2.05, 4.69) is 11.1 Å². The molecule has 6 heteroatoms. The van der Waals surface area contributed by atoms with Crippen molar-refractivity contribution in [3.8, 4) is 0 Å². The fourth-order valence-electron chi connectivity index (χ4n) is 3.57. The average Bonchev–Trinajstić information content (AvgIpc) is 3.05. The van der Waals surface area contributed by atoms with E-state index in [1.165, 1.54) is 24.3 Å². The van der Waals surface area contributed by atoms with Crippen molar-refractivity contribution in [1.29, 1.82) is 0 Å². The van der Waals surface area contributed by atoms with Gasteiger partial charge in [-0.25, -0.2) is 0 Å². The number of aromatic nitrogens is 1. The number of benzene rings is 1. The van der Waals surface area contributed by atoms with Crippen LogP contribution in [0.1, 0.15) is 34.1 Å². The summed E-state index contributed by atoms with van der Waals surface area (Å²) in [5.74, 6) is 0.200. The monoisotopic (exact) mass is 321 g/mol. The molecule has 4 rings (SSSR count). The molecule has 1 amide bonds. The first-order valence-electron chi connectivity index (χ1n) is 7.84. The topological polar surface area (TPSA) is 76.3 Å².